The van der Waals surface area contributed by atoms with Crippen molar-refractivity contribution in [1.82, 2.24) is 5.32 Å². The number of benzene rings is 1. The van der Waals surface area contributed by atoms with Gasteiger partial charge < -0.3 is 24.3 Å². The van der Waals surface area contributed by atoms with E-state index in [0.29, 0.717) is 40.0 Å². The second-order valence-electron chi connectivity index (χ2n) is 9.16. The predicted octanol–water partition coefficient (Wildman–Crippen LogP) is 1.17. The summed E-state index contributed by atoms with van der Waals surface area (Å²) in [6, 6.07) is 0.829. The molecule has 0 saturated carbocycles. The van der Waals surface area contributed by atoms with E-state index in [1.807, 2.05) is 13.8 Å². The van der Waals surface area contributed by atoms with Crippen molar-refractivity contribution < 1.29 is 32.2 Å². The fourth-order valence-electron chi connectivity index (χ4n) is 4.21. The highest BCUT2D eigenvalue weighted by atomic mass is 32.2. The van der Waals surface area contributed by atoms with Crippen LogP contribution >= 0.6 is 0 Å². The topological polar surface area (TPSA) is 132 Å². The molecule has 4 rings (SSSR count). The van der Waals surface area contributed by atoms with E-state index >= 15 is 0 Å². The second-order valence-corrected chi connectivity index (χ2v) is 11.3. The van der Waals surface area contributed by atoms with Crippen molar-refractivity contribution >= 4 is 26.7 Å². The van der Waals surface area contributed by atoms with E-state index in [1.54, 1.807) is 19.9 Å². The van der Waals surface area contributed by atoms with E-state index in [0.717, 1.165) is 12.0 Å². The minimum Gasteiger partial charge on any atom is -0.487 e. The normalized spacial score (nSPS) is 23.4. The van der Waals surface area contributed by atoms with Crippen molar-refractivity contribution in [2.45, 2.75) is 58.3 Å². The molecule has 9 nitrogen and oxygen atoms in total. The molecule has 174 valence electrons. The van der Waals surface area contributed by atoms with Crippen LogP contribution in [-0.2, 0) is 21.1 Å². The van der Waals surface area contributed by atoms with Crippen LogP contribution in [-0.4, -0.2) is 55.3 Å². The third-order valence-electron chi connectivity index (χ3n) is 6.14. The van der Waals surface area contributed by atoms with Gasteiger partial charge in [-0.05, 0) is 46.1 Å². The quantitative estimate of drug-likeness (QED) is 0.643. The van der Waals surface area contributed by atoms with Crippen LogP contribution < -0.4 is 20.4 Å². The maximum atomic E-state index is 12.4. The first-order valence-corrected chi connectivity index (χ1v) is 12.3. The average molecular weight is 466 g/mol. The molecular weight excluding hydrogens is 438 g/mol. The lowest BCUT2D eigenvalue weighted by atomic mass is 9.92. The number of carbonyl (C=O) groups is 1. The number of fused-ring (bicyclic) bond motifs is 3. The number of ether oxygens (including phenoxy) is 2. The summed E-state index contributed by atoms with van der Waals surface area (Å²) in [5.74, 6) is -0.388. The van der Waals surface area contributed by atoms with Gasteiger partial charge >= 0.3 is 5.63 Å². The summed E-state index contributed by atoms with van der Waals surface area (Å²) >= 11 is 0. The smallest absolute Gasteiger partial charge is 0.339 e. The van der Waals surface area contributed by atoms with Crippen LogP contribution in [0.15, 0.2) is 15.3 Å². The lowest BCUT2D eigenvalue weighted by molar-refractivity contribution is -0.124. The van der Waals surface area contributed by atoms with Gasteiger partial charge in [0.15, 0.2) is 16.4 Å². The van der Waals surface area contributed by atoms with Crippen LogP contribution in [0, 0.1) is 13.8 Å². The van der Waals surface area contributed by atoms with Gasteiger partial charge in [-0.1, -0.05) is 0 Å². The number of nitrogens with one attached hydrogen (secondary N) is 1. The van der Waals surface area contributed by atoms with Gasteiger partial charge in [-0.3, -0.25) is 4.79 Å². The molecule has 2 aromatic rings. The van der Waals surface area contributed by atoms with Crippen LogP contribution in [0.2, 0.25) is 0 Å². The molecule has 3 heterocycles. The summed E-state index contributed by atoms with van der Waals surface area (Å²) < 4.78 is 40.8. The first-order chi connectivity index (χ1) is 14.9. The monoisotopic (exact) mass is 465 g/mol. The zero-order valence-corrected chi connectivity index (χ0v) is 19.3. The number of carbonyl (C=O) groups excluding carboxylic acids is 1. The highest BCUT2D eigenvalue weighted by Gasteiger charge is 2.37. The Kier molecular flexibility index (Phi) is 5.49. The summed E-state index contributed by atoms with van der Waals surface area (Å²) in [5, 5.41) is 13.0. The fourth-order valence-corrected chi connectivity index (χ4v) is 5.95. The first-order valence-electron chi connectivity index (χ1n) is 10.5. The summed E-state index contributed by atoms with van der Waals surface area (Å²) in [6.07, 6.45) is 0.267. The van der Waals surface area contributed by atoms with Crippen molar-refractivity contribution in [3.05, 3.63) is 33.2 Å². The van der Waals surface area contributed by atoms with Gasteiger partial charge in [-0.25, -0.2) is 13.2 Å². The molecule has 0 spiro atoms. The summed E-state index contributed by atoms with van der Waals surface area (Å²) in [7, 11) is -3.39. The number of rotatable bonds is 4. The van der Waals surface area contributed by atoms with Crippen molar-refractivity contribution in [1.29, 1.82) is 0 Å². The molecule has 0 bridgehead atoms. The van der Waals surface area contributed by atoms with E-state index in [-0.39, 0.29) is 11.5 Å². The zero-order chi connectivity index (χ0) is 23.4. The molecule has 1 amide bonds. The highest BCUT2D eigenvalue weighted by molar-refractivity contribution is 7.91. The molecular formula is C22H27NO8S. The number of aryl methyl sites for hydroxylation is 2. The second kappa shape index (κ2) is 7.77. The standard InChI is InChI=1S/C22H27NO8S/c1-11-12(2)21(26)30-20-13-5-6-22(3,4)31-16(13)7-17(19(11)20)29-8-18(25)23-14-9-32(27,28)10-15(14)24/h7,14-15,24H,5-6,8-10H2,1-4H3,(H,23,25)/t14-,15-/m1/s1. The summed E-state index contributed by atoms with van der Waals surface area (Å²) in [6.45, 7) is 6.98. The third kappa shape index (κ3) is 4.21. The number of aliphatic hydroxyl groups excluding tert-OH is 1. The van der Waals surface area contributed by atoms with E-state index in [4.69, 9.17) is 13.9 Å². The Morgan fingerprint density at radius 3 is 2.66 bits per heavy atom. The number of aliphatic hydroxyl groups is 1. The molecule has 32 heavy (non-hydrogen) atoms. The predicted molar refractivity (Wildman–Crippen MR) is 117 cm³/mol. The summed E-state index contributed by atoms with van der Waals surface area (Å²) in [4.78, 5) is 24.8. The number of amides is 1. The van der Waals surface area contributed by atoms with Gasteiger partial charge in [-0.2, -0.15) is 0 Å². The van der Waals surface area contributed by atoms with Crippen LogP contribution in [0.5, 0.6) is 11.5 Å². The number of hydrogen-bond donors (Lipinski definition) is 2. The maximum Gasteiger partial charge on any atom is 0.339 e. The van der Waals surface area contributed by atoms with Crippen LogP contribution in [0.25, 0.3) is 11.0 Å². The SMILES string of the molecule is Cc1c(C)c2c(OCC(=O)N[C@@H]3CS(=O)(=O)C[C@H]3O)cc3c(c2oc1=O)CCC(C)(C)O3. The molecule has 2 aliphatic rings. The molecule has 2 N–H and O–H groups in total. The van der Waals surface area contributed by atoms with Crippen molar-refractivity contribution in [3.8, 4) is 11.5 Å². The van der Waals surface area contributed by atoms with E-state index in [9.17, 15) is 23.1 Å². The van der Waals surface area contributed by atoms with Gasteiger partial charge in [0.2, 0.25) is 0 Å². The maximum absolute atomic E-state index is 12.4. The molecule has 1 fully saturated rings. The van der Waals surface area contributed by atoms with Crippen molar-refractivity contribution in [2.24, 2.45) is 0 Å². The van der Waals surface area contributed by atoms with E-state index in [1.165, 1.54) is 0 Å². The zero-order valence-electron chi connectivity index (χ0n) is 18.5. The lowest BCUT2D eigenvalue weighted by Crippen LogP contribution is -2.44. The fraction of sp³-hybridized carbons (Fsp3) is 0.545. The first kappa shape index (κ1) is 22.6. The van der Waals surface area contributed by atoms with Crippen LogP contribution in [0.4, 0.5) is 0 Å². The number of hydrogen-bond acceptors (Lipinski definition) is 8. The van der Waals surface area contributed by atoms with Gasteiger partial charge in [0.25, 0.3) is 5.91 Å². The van der Waals surface area contributed by atoms with E-state index < -0.39 is 45.7 Å². The Morgan fingerprint density at radius 2 is 2.00 bits per heavy atom. The molecule has 1 saturated heterocycles. The largest absolute Gasteiger partial charge is 0.487 e. The Bertz CT molecular complexity index is 1260. The minimum absolute atomic E-state index is 0.311. The Labute approximate surface area is 185 Å². The van der Waals surface area contributed by atoms with Crippen LogP contribution in [0.1, 0.15) is 37.0 Å². The molecule has 1 aromatic carbocycles. The average Bonchev–Trinajstić information content (AvgIpc) is 2.94. The van der Waals surface area contributed by atoms with Crippen molar-refractivity contribution in [3.63, 3.8) is 0 Å². The Balaban J connectivity index is 1.65. The molecule has 10 heteroatoms. The molecule has 0 radical (unpaired) electrons. The summed E-state index contributed by atoms with van der Waals surface area (Å²) in [5.41, 5.74) is 1.47. The van der Waals surface area contributed by atoms with Gasteiger partial charge in [0, 0.05) is 17.2 Å². The van der Waals surface area contributed by atoms with Crippen LogP contribution in [0.3, 0.4) is 0 Å². The Hall–Kier alpha value is -2.59. The van der Waals surface area contributed by atoms with Gasteiger partial charge in [-0.15, -0.1) is 0 Å². The third-order valence-corrected chi connectivity index (χ3v) is 7.85. The molecule has 0 aliphatic carbocycles. The molecule has 0 unspecified atom stereocenters. The lowest BCUT2D eigenvalue weighted by Gasteiger charge is -2.33. The minimum atomic E-state index is -3.39. The van der Waals surface area contributed by atoms with Gasteiger partial charge in [0.1, 0.15) is 22.7 Å². The van der Waals surface area contributed by atoms with E-state index in [2.05, 4.69) is 5.32 Å². The number of sulfone groups is 1. The molecule has 2 atom stereocenters. The van der Waals surface area contributed by atoms with Crippen molar-refractivity contribution in [2.75, 3.05) is 18.1 Å². The van der Waals surface area contributed by atoms with Gasteiger partial charge in [0.05, 0.1) is 29.0 Å². The molecule has 2 aliphatic heterocycles. The molecule has 1 aromatic heterocycles. The Morgan fingerprint density at radius 1 is 1.28 bits per heavy atom. The highest BCUT2D eigenvalue weighted by Crippen LogP contribution is 2.43.